The molecule has 0 aliphatic carbocycles. The summed E-state index contributed by atoms with van der Waals surface area (Å²) in [6.07, 6.45) is 19.4. The minimum Gasteiger partial charge on any atom is -0.370 e. The first-order valence-electron chi connectivity index (χ1n) is 9.39. The largest absolute Gasteiger partial charge is 0.370 e. The minimum atomic E-state index is 0.633. The molecule has 2 unspecified atom stereocenters. The van der Waals surface area contributed by atoms with Crippen molar-refractivity contribution in [3.8, 4) is 0 Å². The van der Waals surface area contributed by atoms with E-state index in [0.717, 1.165) is 5.92 Å². The molecule has 1 aliphatic rings. The van der Waals surface area contributed by atoms with Crippen molar-refractivity contribution >= 4 is 0 Å². The maximum absolute atomic E-state index is 5.79. The Hall–Kier alpha value is -0.0400. The third-order valence-electron chi connectivity index (χ3n) is 4.55. The number of hydrogen-bond donors (Lipinski definition) is 0. The smallest absolute Gasteiger partial charge is 0.0841 e. The van der Waals surface area contributed by atoms with Gasteiger partial charge in [-0.25, -0.2) is 0 Å². The van der Waals surface area contributed by atoms with Crippen molar-refractivity contribution in [3.05, 3.63) is 0 Å². The zero-order chi connectivity index (χ0) is 14.6. The van der Waals surface area contributed by atoms with Gasteiger partial charge in [0.05, 0.1) is 12.2 Å². The predicted molar refractivity (Wildman–Crippen MR) is 89.2 cm³/mol. The molecule has 0 bridgehead atoms. The predicted octanol–water partition coefficient (Wildman–Crippen LogP) is 6.50. The summed E-state index contributed by atoms with van der Waals surface area (Å²) >= 11 is 0. The molecule has 120 valence electrons. The maximum atomic E-state index is 5.79. The van der Waals surface area contributed by atoms with E-state index in [4.69, 9.17) is 4.74 Å². The van der Waals surface area contributed by atoms with Gasteiger partial charge in [0.2, 0.25) is 0 Å². The fourth-order valence-electron chi connectivity index (χ4n) is 3.06. The van der Waals surface area contributed by atoms with Gasteiger partial charge in [0.1, 0.15) is 0 Å². The van der Waals surface area contributed by atoms with Crippen LogP contribution in [0.4, 0.5) is 0 Å². The summed E-state index contributed by atoms with van der Waals surface area (Å²) in [5, 5.41) is 0. The SMILES string of the molecule is CCCCCCCCCC1OC1CCCCCC(C)C. The first-order chi connectivity index (χ1) is 9.74. The van der Waals surface area contributed by atoms with Gasteiger partial charge in [-0.15, -0.1) is 0 Å². The fraction of sp³-hybridized carbons (Fsp3) is 1.00. The molecule has 0 spiro atoms. The fourth-order valence-corrected chi connectivity index (χ4v) is 3.06. The third kappa shape index (κ3) is 9.80. The standard InChI is InChI=1S/C19H38O/c1-4-5-6-7-8-9-12-15-18-19(20-18)16-13-10-11-14-17(2)3/h17-19H,4-16H2,1-3H3. The zero-order valence-electron chi connectivity index (χ0n) is 14.3. The van der Waals surface area contributed by atoms with Crippen LogP contribution in [0.5, 0.6) is 0 Å². The van der Waals surface area contributed by atoms with Gasteiger partial charge >= 0.3 is 0 Å². The van der Waals surface area contributed by atoms with Crippen LogP contribution in [0.2, 0.25) is 0 Å². The molecule has 1 fully saturated rings. The Bertz CT molecular complexity index is 212. The lowest BCUT2D eigenvalue weighted by molar-refractivity contribution is 0.347. The van der Waals surface area contributed by atoms with E-state index in [-0.39, 0.29) is 0 Å². The molecular formula is C19H38O. The molecule has 0 aromatic heterocycles. The van der Waals surface area contributed by atoms with Gasteiger partial charge in [-0.1, -0.05) is 91.4 Å². The Balaban J connectivity index is 1.77. The second-order valence-electron chi connectivity index (χ2n) is 7.15. The summed E-state index contributed by atoms with van der Waals surface area (Å²) in [7, 11) is 0. The van der Waals surface area contributed by atoms with Crippen molar-refractivity contribution in [2.24, 2.45) is 5.92 Å². The van der Waals surface area contributed by atoms with Gasteiger partial charge in [0, 0.05) is 0 Å². The Morgan fingerprint density at radius 2 is 1.20 bits per heavy atom. The Kier molecular flexibility index (Phi) is 10.4. The molecule has 1 saturated heterocycles. The van der Waals surface area contributed by atoms with Crippen molar-refractivity contribution in [1.82, 2.24) is 0 Å². The summed E-state index contributed by atoms with van der Waals surface area (Å²) in [5.41, 5.74) is 0. The molecule has 0 amide bonds. The van der Waals surface area contributed by atoms with E-state index >= 15 is 0 Å². The van der Waals surface area contributed by atoms with Crippen LogP contribution in [-0.4, -0.2) is 12.2 Å². The monoisotopic (exact) mass is 282 g/mol. The number of hydrogen-bond acceptors (Lipinski definition) is 1. The second-order valence-corrected chi connectivity index (χ2v) is 7.15. The Labute approximate surface area is 127 Å². The van der Waals surface area contributed by atoms with Crippen LogP contribution in [0.3, 0.4) is 0 Å². The normalized spacial score (nSPS) is 21.6. The van der Waals surface area contributed by atoms with Crippen LogP contribution < -0.4 is 0 Å². The number of unbranched alkanes of at least 4 members (excludes halogenated alkanes) is 8. The lowest BCUT2D eigenvalue weighted by atomic mass is 10.0. The van der Waals surface area contributed by atoms with Crippen LogP contribution in [0.15, 0.2) is 0 Å². The lowest BCUT2D eigenvalue weighted by Crippen LogP contribution is -1.95. The molecule has 1 aliphatic heterocycles. The molecular weight excluding hydrogens is 244 g/mol. The number of ether oxygens (including phenoxy) is 1. The highest BCUT2D eigenvalue weighted by atomic mass is 16.6. The van der Waals surface area contributed by atoms with Gasteiger partial charge in [0.15, 0.2) is 0 Å². The second kappa shape index (κ2) is 11.6. The molecule has 1 nitrogen and oxygen atoms in total. The van der Waals surface area contributed by atoms with Crippen molar-refractivity contribution in [2.45, 2.75) is 116 Å². The van der Waals surface area contributed by atoms with Gasteiger partial charge in [-0.3, -0.25) is 0 Å². The molecule has 20 heavy (non-hydrogen) atoms. The quantitative estimate of drug-likeness (QED) is 0.261. The molecule has 0 saturated carbocycles. The average molecular weight is 283 g/mol. The van der Waals surface area contributed by atoms with Crippen molar-refractivity contribution < 1.29 is 4.74 Å². The van der Waals surface area contributed by atoms with Gasteiger partial charge < -0.3 is 4.74 Å². The van der Waals surface area contributed by atoms with Crippen LogP contribution in [-0.2, 0) is 4.74 Å². The highest BCUT2D eigenvalue weighted by Crippen LogP contribution is 2.31. The zero-order valence-corrected chi connectivity index (χ0v) is 14.3. The van der Waals surface area contributed by atoms with E-state index < -0.39 is 0 Å². The average Bonchev–Trinajstić information content (AvgIpc) is 3.15. The van der Waals surface area contributed by atoms with Crippen molar-refractivity contribution in [1.29, 1.82) is 0 Å². The van der Waals surface area contributed by atoms with Gasteiger partial charge in [-0.2, -0.15) is 0 Å². The Morgan fingerprint density at radius 1 is 0.700 bits per heavy atom. The molecule has 0 aromatic rings. The van der Waals surface area contributed by atoms with Crippen LogP contribution in [0.1, 0.15) is 104 Å². The summed E-state index contributed by atoms with van der Waals surface area (Å²) in [5.74, 6) is 0.872. The highest BCUT2D eigenvalue weighted by Gasteiger charge is 2.36. The summed E-state index contributed by atoms with van der Waals surface area (Å²) in [4.78, 5) is 0. The van der Waals surface area contributed by atoms with Crippen LogP contribution >= 0.6 is 0 Å². The maximum Gasteiger partial charge on any atom is 0.0841 e. The molecule has 0 aromatic carbocycles. The first kappa shape index (κ1) is 18.0. The highest BCUT2D eigenvalue weighted by molar-refractivity contribution is 4.84. The summed E-state index contributed by atoms with van der Waals surface area (Å²) in [6, 6.07) is 0. The number of rotatable bonds is 14. The lowest BCUT2D eigenvalue weighted by Gasteiger charge is -2.03. The third-order valence-corrected chi connectivity index (χ3v) is 4.55. The number of epoxide rings is 1. The van der Waals surface area contributed by atoms with Crippen molar-refractivity contribution in [2.75, 3.05) is 0 Å². The molecule has 1 rings (SSSR count). The van der Waals surface area contributed by atoms with E-state index in [1.54, 1.807) is 0 Å². The molecule has 0 N–H and O–H groups in total. The molecule has 0 radical (unpaired) electrons. The molecule has 1 heteroatoms. The van der Waals surface area contributed by atoms with E-state index in [2.05, 4.69) is 20.8 Å². The van der Waals surface area contributed by atoms with Crippen LogP contribution in [0.25, 0.3) is 0 Å². The van der Waals surface area contributed by atoms with E-state index in [0.29, 0.717) is 12.2 Å². The van der Waals surface area contributed by atoms with E-state index in [9.17, 15) is 0 Å². The molecule has 1 heterocycles. The van der Waals surface area contributed by atoms with Crippen molar-refractivity contribution in [3.63, 3.8) is 0 Å². The van der Waals surface area contributed by atoms with E-state index in [1.165, 1.54) is 83.5 Å². The first-order valence-corrected chi connectivity index (χ1v) is 9.39. The van der Waals surface area contributed by atoms with Crippen LogP contribution in [0, 0.1) is 5.92 Å². The summed E-state index contributed by atoms with van der Waals surface area (Å²) < 4.78 is 5.79. The minimum absolute atomic E-state index is 0.633. The molecule has 2 atom stereocenters. The Morgan fingerprint density at radius 3 is 1.75 bits per heavy atom. The topological polar surface area (TPSA) is 12.5 Å². The summed E-state index contributed by atoms with van der Waals surface area (Å²) in [6.45, 7) is 6.93. The van der Waals surface area contributed by atoms with E-state index in [1.807, 2.05) is 0 Å². The van der Waals surface area contributed by atoms with Gasteiger partial charge in [-0.05, 0) is 18.8 Å². The van der Waals surface area contributed by atoms with Gasteiger partial charge in [0.25, 0.3) is 0 Å².